The highest BCUT2D eigenvalue weighted by Crippen LogP contribution is 2.39. The van der Waals surface area contributed by atoms with Gasteiger partial charge in [-0.15, -0.1) is 11.3 Å². The van der Waals surface area contributed by atoms with Gasteiger partial charge in [0.25, 0.3) is 17.5 Å². The Kier molecular flexibility index (Phi) is 6.35. The molecule has 1 N–H and O–H groups in total. The Hall–Kier alpha value is -3.93. The molecule has 1 aliphatic rings. The van der Waals surface area contributed by atoms with E-state index < -0.39 is 16.7 Å². The van der Waals surface area contributed by atoms with Crippen molar-refractivity contribution in [3.63, 3.8) is 0 Å². The van der Waals surface area contributed by atoms with E-state index in [1.54, 1.807) is 30.3 Å². The van der Waals surface area contributed by atoms with Crippen LogP contribution in [0, 0.1) is 17.0 Å². The average Bonchev–Trinajstić information content (AvgIpc) is 3.25. The van der Waals surface area contributed by atoms with Gasteiger partial charge in [-0.3, -0.25) is 29.9 Å². The van der Waals surface area contributed by atoms with Gasteiger partial charge in [0.1, 0.15) is 5.57 Å². The number of hydrogen-bond acceptors (Lipinski definition) is 8. The van der Waals surface area contributed by atoms with Gasteiger partial charge in [0.2, 0.25) is 0 Å². The van der Waals surface area contributed by atoms with Crippen LogP contribution in [0.25, 0.3) is 16.3 Å². The molecule has 1 saturated heterocycles. The molecule has 2 amide bonds. The summed E-state index contributed by atoms with van der Waals surface area (Å²) in [4.78, 5) is 43.4. The van der Waals surface area contributed by atoms with Crippen LogP contribution in [0.5, 0.6) is 0 Å². The van der Waals surface area contributed by atoms with Crippen LogP contribution in [-0.2, 0) is 9.59 Å². The summed E-state index contributed by atoms with van der Waals surface area (Å²) >= 11 is 7.88. The third-order valence-electron chi connectivity index (χ3n) is 5.32. The van der Waals surface area contributed by atoms with Crippen molar-refractivity contribution >= 4 is 79.9 Å². The van der Waals surface area contributed by atoms with Crippen molar-refractivity contribution < 1.29 is 14.5 Å². The molecule has 2 heterocycles. The number of aryl methyl sites for hydroxylation is 1. The molecule has 5 rings (SSSR count). The lowest BCUT2D eigenvalue weighted by atomic mass is 10.1. The van der Waals surface area contributed by atoms with Crippen LogP contribution in [0.1, 0.15) is 11.1 Å². The van der Waals surface area contributed by atoms with Crippen LogP contribution >= 0.6 is 35.3 Å². The molecule has 1 aromatic heterocycles. The number of thiocarbonyl (C=S) groups is 1. The van der Waals surface area contributed by atoms with Crippen molar-refractivity contribution in [2.24, 2.45) is 0 Å². The SMILES string of the molecule is Cc1cccc(N2C(=O)/C(=C/c3ccc(Sc4nc5ccccc5s4)c([N+](=O)[O-])c3)C(=O)NC2=S)c1. The Morgan fingerprint density at radius 3 is 2.67 bits per heavy atom. The highest BCUT2D eigenvalue weighted by atomic mass is 32.2. The van der Waals surface area contributed by atoms with Crippen LogP contribution < -0.4 is 10.2 Å². The van der Waals surface area contributed by atoms with Crippen LogP contribution in [0.15, 0.2) is 81.5 Å². The fraction of sp³-hybridized carbons (Fsp3) is 0.0400. The maximum absolute atomic E-state index is 13.2. The van der Waals surface area contributed by atoms with Crippen molar-refractivity contribution in [2.75, 3.05) is 4.90 Å². The monoisotopic (exact) mass is 532 g/mol. The van der Waals surface area contributed by atoms with E-state index in [0.29, 0.717) is 20.5 Å². The average molecular weight is 533 g/mol. The van der Waals surface area contributed by atoms with E-state index in [2.05, 4.69) is 10.3 Å². The lowest BCUT2D eigenvalue weighted by molar-refractivity contribution is -0.387. The minimum Gasteiger partial charge on any atom is -0.298 e. The molecular formula is C25H16N4O4S3. The number of rotatable bonds is 5. The maximum Gasteiger partial charge on any atom is 0.283 e. The number of nitro groups is 1. The molecule has 0 saturated carbocycles. The summed E-state index contributed by atoms with van der Waals surface area (Å²) in [6.07, 6.45) is 1.33. The largest absolute Gasteiger partial charge is 0.298 e. The lowest BCUT2D eigenvalue weighted by Crippen LogP contribution is -2.54. The molecule has 0 radical (unpaired) electrons. The van der Waals surface area contributed by atoms with E-state index in [0.717, 1.165) is 15.8 Å². The van der Waals surface area contributed by atoms with Crippen molar-refractivity contribution in [3.05, 3.63) is 93.5 Å². The predicted octanol–water partition coefficient (Wildman–Crippen LogP) is 5.50. The molecule has 0 bridgehead atoms. The summed E-state index contributed by atoms with van der Waals surface area (Å²) in [5.41, 5.74) is 2.28. The number of benzene rings is 3. The highest BCUT2D eigenvalue weighted by Gasteiger charge is 2.34. The first-order chi connectivity index (χ1) is 17.3. The fourth-order valence-electron chi connectivity index (χ4n) is 3.67. The number of para-hydroxylation sites is 1. The number of carbonyl (C=O) groups is 2. The molecule has 0 aliphatic carbocycles. The quantitative estimate of drug-likeness (QED) is 0.119. The van der Waals surface area contributed by atoms with Gasteiger partial charge in [-0.2, -0.15) is 0 Å². The zero-order valence-electron chi connectivity index (χ0n) is 18.6. The molecule has 0 spiro atoms. The summed E-state index contributed by atoms with van der Waals surface area (Å²) in [7, 11) is 0. The zero-order valence-corrected chi connectivity index (χ0v) is 21.1. The zero-order chi connectivity index (χ0) is 25.4. The molecule has 178 valence electrons. The second-order valence-corrected chi connectivity index (χ2v) is 10.5. The Bertz CT molecular complexity index is 1580. The molecule has 1 aliphatic heterocycles. The molecule has 11 heteroatoms. The van der Waals surface area contributed by atoms with Crippen LogP contribution in [0.2, 0.25) is 0 Å². The number of aromatic nitrogens is 1. The van der Waals surface area contributed by atoms with Crippen LogP contribution in [0.4, 0.5) is 11.4 Å². The first-order valence-corrected chi connectivity index (χ1v) is 12.6. The van der Waals surface area contributed by atoms with Gasteiger partial charge in [-0.25, -0.2) is 4.98 Å². The predicted molar refractivity (Wildman–Crippen MR) is 144 cm³/mol. The first-order valence-electron chi connectivity index (χ1n) is 10.6. The van der Waals surface area contributed by atoms with Crippen LogP contribution in [-0.4, -0.2) is 26.8 Å². The Morgan fingerprint density at radius 2 is 1.92 bits per heavy atom. The molecule has 3 aromatic carbocycles. The Morgan fingerprint density at radius 1 is 1.11 bits per heavy atom. The number of hydrogen-bond donors (Lipinski definition) is 1. The minimum atomic E-state index is -0.663. The van der Waals surface area contributed by atoms with E-state index in [-0.39, 0.29) is 16.4 Å². The summed E-state index contributed by atoms with van der Waals surface area (Å²) in [6.45, 7) is 1.88. The van der Waals surface area contributed by atoms with E-state index in [9.17, 15) is 19.7 Å². The third-order valence-corrected chi connectivity index (χ3v) is 7.77. The molecule has 0 atom stereocenters. The van der Waals surface area contributed by atoms with Gasteiger partial charge in [-0.05, 0) is 66.7 Å². The van der Waals surface area contributed by atoms with Gasteiger partial charge in [0, 0.05) is 6.07 Å². The second kappa shape index (κ2) is 9.61. The van der Waals surface area contributed by atoms with Gasteiger partial charge >= 0.3 is 0 Å². The van der Waals surface area contributed by atoms with Gasteiger partial charge in [0.15, 0.2) is 9.45 Å². The Labute approximate surface area is 218 Å². The standard InChI is InChI=1S/C25H16N4O4S3/c1-14-5-4-6-16(11-14)28-23(31)17(22(30)27-24(28)34)12-15-9-10-21(19(13-15)29(32)33)36-25-26-18-7-2-3-8-20(18)35-25/h2-13H,1H3,(H,27,30,34)/b17-12+. The van der Waals surface area contributed by atoms with Crippen LogP contribution in [0.3, 0.4) is 0 Å². The molecule has 1 fully saturated rings. The van der Waals surface area contributed by atoms with E-state index in [1.165, 1.54) is 40.1 Å². The highest BCUT2D eigenvalue weighted by molar-refractivity contribution is 8.01. The number of nitrogens with zero attached hydrogens (tertiary/aromatic N) is 3. The number of anilines is 1. The second-order valence-electron chi connectivity index (χ2n) is 7.83. The number of nitrogens with one attached hydrogen (secondary N) is 1. The number of amides is 2. The lowest BCUT2D eigenvalue weighted by Gasteiger charge is -2.29. The summed E-state index contributed by atoms with van der Waals surface area (Å²) in [5.74, 6) is -1.27. The van der Waals surface area contributed by atoms with Gasteiger partial charge in [0.05, 0.1) is 25.7 Å². The van der Waals surface area contributed by atoms with Gasteiger partial charge in [-0.1, -0.05) is 42.1 Å². The van der Waals surface area contributed by atoms with Crippen molar-refractivity contribution in [1.82, 2.24) is 10.3 Å². The summed E-state index contributed by atoms with van der Waals surface area (Å²) in [6, 6.07) is 19.3. The maximum atomic E-state index is 13.2. The molecule has 8 nitrogen and oxygen atoms in total. The summed E-state index contributed by atoms with van der Waals surface area (Å²) in [5, 5.41) is 14.4. The van der Waals surface area contributed by atoms with E-state index in [1.807, 2.05) is 37.3 Å². The fourth-order valence-corrected chi connectivity index (χ4v) is 6.06. The van der Waals surface area contributed by atoms with E-state index >= 15 is 0 Å². The molecule has 4 aromatic rings. The molecular weight excluding hydrogens is 517 g/mol. The smallest absolute Gasteiger partial charge is 0.283 e. The third kappa shape index (κ3) is 4.63. The molecule has 36 heavy (non-hydrogen) atoms. The topological polar surface area (TPSA) is 105 Å². The molecule has 0 unspecified atom stereocenters. The van der Waals surface area contributed by atoms with Gasteiger partial charge < -0.3 is 0 Å². The van der Waals surface area contributed by atoms with Crippen molar-refractivity contribution in [1.29, 1.82) is 0 Å². The number of carbonyl (C=O) groups excluding carboxylic acids is 2. The van der Waals surface area contributed by atoms with E-state index in [4.69, 9.17) is 12.2 Å². The Balaban J connectivity index is 1.48. The van der Waals surface area contributed by atoms with Crippen molar-refractivity contribution in [3.8, 4) is 0 Å². The number of nitro benzene ring substituents is 1. The number of thiazole rings is 1. The minimum absolute atomic E-state index is 0.0266. The van der Waals surface area contributed by atoms with Crippen molar-refractivity contribution in [2.45, 2.75) is 16.2 Å². The number of fused-ring (bicyclic) bond motifs is 1. The normalized spacial score (nSPS) is 15.0. The first kappa shape index (κ1) is 23.8. The summed E-state index contributed by atoms with van der Waals surface area (Å²) < 4.78 is 1.66.